The highest BCUT2D eigenvalue weighted by Gasteiger charge is 2.47. The monoisotopic (exact) mass is 449 g/mol. The van der Waals surface area contributed by atoms with Gasteiger partial charge in [0.05, 0.1) is 44.3 Å². The summed E-state index contributed by atoms with van der Waals surface area (Å²) in [5.74, 6) is 1.06. The number of fused-ring (bicyclic) bond motifs is 1. The third kappa shape index (κ3) is 4.81. The van der Waals surface area contributed by atoms with Crippen molar-refractivity contribution in [1.29, 1.82) is 0 Å². The molecular weight excluding hydrogens is 414 g/mol. The molecule has 7 nitrogen and oxygen atoms in total. The summed E-state index contributed by atoms with van der Waals surface area (Å²) in [6.45, 7) is 10.0. The zero-order valence-corrected chi connectivity index (χ0v) is 19.8. The predicted molar refractivity (Wildman–Crippen MR) is 127 cm³/mol. The zero-order chi connectivity index (χ0) is 22.8. The van der Waals surface area contributed by atoms with Crippen molar-refractivity contribution in [1.82, 2.24) is 24.7 Å². The van der Waals surface area contributed by atoms with E-state index >= 15 is 0 Å². The van der Waals surface area contributed by atoms with Gasteiger partial charge in [-0.2, -0.15) is 0 Å². The smallest absolute Gasteiger partial charge is 0.227 e. The Morgan fingerprint density at radius 2 is 1.76 bits per heavy atom. The Morgan fingerprint density at radius 1 is 1.00 bits per heavy atom. The van der Waals surface area contributed by atoms with E-state index in [0.29, 0.717) is 26.2 Å². The quantitative estimate of drug-likeness (QED) is 0.698. The van der Waals surface area contributed by atoms with Crippen molar-refractivity contribution in [2.75, 3.05) is 39.4 Å². The molecule has 3 saturated heterocycles. The van der Waals surface area contributed by atoms with Crippen LogP contribution in [-0.2, 0) is 22.5 Å². The third-order valence-corrected chi connectivity index (χ3v) is 7.64. The summed E-state index contributed by atoms with van der Waals surface area (Å²) in [5.41, 5.74) is 3.61. The summed E-state index contributed by atoms with van der Waals surface area (Å²) in [4.78, 5) is 29.7. The number of likely N-dealkylation sites (tertiary alicyclic amines) is 1. The SMILES string of the molecule is Cc1ccc(CC(=O)N2CCN(Cc3ncccn3)C3COC[C@H](N4CCCC4)[C@H]32)cc1C. The standard InChI is InChI=1S/C26H35N5O2/c1-19-6-7-21(14-20(19)2)15-25(32)31-13-12-30(16-24-27-8-5-9-28-24)23-18-33-17-22(26(23)31)29-10-3-4-11-29/h5-9,14,22-23,26H,3-4,10-13,15-18H2,1-2H3/t22-,23?,26+/m0/s1. The van der Waals surface area contributed by atoms with E-state index < -0.39 is 0 Å². The van der Waals surface area contributed by atoms with Gasteiger partial charge in [0, 0.05) is 25.5 Å². The van der Waals surface area contributed by atoms with Crippen LogP contribution in [0.5, 0.6) is 0 Å². The van der Waals surface area contributed by atoms with E-state index in [-0.39, 0.29) is 24.0 Å². The van der Waals surface area contributed by atoms with Crippen molar-refractivity contribution >= 4 is 5.91 Å². The highest BCUT2D eigenvalue weighted by atomic mass is 16.5. The Hall–Kier alpha value is -2.35. The van der Waals surface area contributed by atoms with Crippen LogP contribution in [0.15, 0.2) is 36.7 Å². The molecule has 0 bridgehead atoms. The maximum Gasteiger partial charge on any atom is 0.227 e. The molecule has 1 aromatic carbocycles. The first-order valence-corrected chi connectivity index (χ1v) is 12.3. The molecule has 4 heterocycles. The summed E-state index contributed by atoms with van der Waals surface area (Å²) in [6.07, 6.45) is 6.51. The van der Waals surface area contributed by atoms with Crippen molar-refractivity contribution in [3.63, 3.8) is 0 Å². The lowest BCUT2D eigenvalue weighted by Crippen LogP contribution is -2.71. The number of aromatic nitrogens is 2. The molecule has 0 saturated carbocycles. The summed E-state index contributed by atoms with van der Waals surface area (Å²) in [6, 6.07) is 8.77. The molecular formula is C26H35N5O2. The van der Waals surface area contributed by atoms with Crippen LogP contribution >= 0.6 is 0 Å². The minimum Gasteiger partial charge on any atom is -0.378 e. The molecule has 0 spiro atoms. The van der Waals surface area contributed by atoms with Crippen molar-refractivity contribution in [2.24, 2.45) is 0 Å². The molecule has 1 aromatic heterocycles. The van der Waals surface area contributed by atoms with Gasteiger partial charge in [-0.15, -0.1) is 0 Å². The van der Waals surface area contributed by atoms with Gasteiger partial charge >= 0.3 is 0 Å². The first kappa shape index (κ1) is 22.4. The number of rotatable bonds is 5. The lowest BCUT2D eigenvalue weighted by Gasteiger charge is -2.54. The van der Waals surface area contributed by atoms with E-state index in [1.165, 1.54) is 24.0 Å². The summed E-state index contributed by atoms with van der Waals surface area (Å²) >= 11 is 0. The molecule has 1 amide bonds. The van der Waals surface area contributed by atoms with E-state index in [9.17, 15) is 4.79 Å². The van der Waals surface area contributed by atoms with Gasteiger partial charge in [0.1, 0.15) is 5.82 Å². The van der Waals surface area contributed by atoms with Crippen LogP contribution < -0.4 is 0 Å². The van der Waals surface area contributed by atoms with Crippen LogP contribution in [0.1, 0.15) is 35.4 Å². The number of hydrogen-bond donors (Lipinski definition) is 0. The second-order valence-corrected chi connectivity index (χ2v) is 9.72. The fourth-order valence-corrected chi connectivity index (χ4v) is 5.72. The normalized spacial score (nSPS) is 26.4. The van der Waals surface area contributed by atoms with E-state index in [1.807, 2.05) is 6.07 Å². The van der Waals surface area contributed by atoms with Gasteiger partial charge < -0.3 is 9.64 Å². The maximum absolute atomic E-state index is 13.7. The van der Waals surface area contributed by atoms with Crippen LogP contribution in [0.4, 0.5) is 0 Å². The number of carbonyl (C=O) groups is 1. The Kier molecular flexibility index (Phi) is 6.71. The minimum atomic E-state index is 0.133. The second kappa shape index (κ2) is 9.87. The summed E-state index contributed by atoms with van der Waals surface area (Å²) in [5, 5.41) is 0. The molecule has 5 rings (SSSR count). The molecule has 7 heteroatoms. The highest BCUT2D eigenvalue weighted by Crippen LogP contribution is 2.30. The lowest BCUT2D eigenvalue weighted by atomic mass is 9.90. The fourth-order valence-electron chi connectivity index (χ4n) is 5.72. The summed E-state index contributed by atoms with van der Waals surface area (Å²) < 4.78 is 6.15. The van der Waals surface area contributed by atoms with Crippen molar-refractivity contribution in [3.8, 4) is 0 Å². The Labute approximate surface area is 196 Å². The summed E-state index contributed by atoms with van der Waals surface area (Å²) in [7, 11) is 0. The average molecular weight is 450 g/mol. The van der Waals surface area contributed by atoms with Gasteiger partial charge in [-0.05, 0) is 62.5 Å². The Balaban J connectivity index is 1.39. The molecule has 0 radical (unpaired) electrons. The van der Waals surface area contributed by atoms with E-state index in [2.05, 4.69) is 56.7 Å². The number of amides is 1. The van der Waals surface area contributed by atoms with Gasteiger partial charge in [-0.3, -0.25) is 14.6 Å². The molecule has 3 atom stereocenters. The number of piperazine rings is 1. The average Bonchev–Trinajstić information content (AvgIpc) is 3.37. The molecule has 0 N–H and O–H groups in total. The van der Waals surface area contributed by atoms with Crippen molar-refractivity contribution < 1.29 is 9.53 Å². The van der Waals surface area contributed by atoms with Gasteiger partial charge in [0.25, 0.3) is 0 Å². The Bertz CT molecular complexity index is 962. The largest absolute Gasteiger partial charge is 0.378 e. The lowest BCUT2D eigenvalue weighted by molar-refractivity contribution is -0.153. The Morgan fingerprint density at radius 3 is 2.52 bits per heavy atom. The van der Waals surface area contributed by atoms with E-state index in [4.69, 9.17) is 4.74 Å². The molecule has 33 heavy (non-hydrogen) atoms. The van der Waals surface area contributed by atoms with Crippen LogP contribution in [0.2, 0.25) is 0 Å². The first-order chi connectivity index (χ1) is 16.1. The third-order valence-electron chi connectivity index (χ3n) is 7.64. The molecule has 2 aromatic rings. The molecule has 0 aliphatic carbocycles. The molecule has 3 fully saturated rings. The first-order valence-electron chi connectivity index (χ1n) is 12.3. The minimum absolute atomic E-state index is 0.133. The van der Waals surface area contributed by atoms with Crippen LogP contribution in [0, 0.1) is 13.8 Å². The van der Waals surface area contributed by atoms with Gasteiger partial charge in [0.2, 0.25) is 5.91 Å². The van der Waals surface area contributed by atoms with Gasteiger partial charge in [0.15, 0.2) is 0 Å². The number of nitrogens with zero attached hydrogens (tertiary/aromatic N) is 5. The van der Waals surface area contributed by atoms with Crippen molar-refractivity contribution in [3.05, 3.63) is 59.2 Å². The number of benzene rings is 1. The molecule has 1 unspecified atom stereocenters. The van der Waals surface area contributed by atoms with Crippen LogP contribution in [0.3, 0.4) is 0 Å². The van der Waals surface area contributed by atoms with Crippen molar-refractivity contribution in [2.45, 2.75) is 57.8 Å². The molecule has 3 aliphatic rings. The van der Waals surface area contributed by atoms with Gasteiger partial charge in [-0.25, -0.2) is 9.97 Å². The number of carbonyl (C=O) groups excluding carboxylic acids is 1. The number of hydrogen-bond acceptors (Lipinski definition) is 6. The molecule has 176 valence electrons. The highest BCUT2D eigenvalue weighted by molar-refractivity contribution is 5.79. The second-order valence-electron chi connectivity index (χ2n) is 9.72. The van der Waals surface area contributed by atoms with E-state index in [1.54, 1.807) is 12.4 Å². The fraction of sp³-hybridized carbons (Fsp3) is 0.577. The van der Waals surface area contributed by atoms with E-state index in [0.717, 1.165) is 37.6 Å². The maximum atomic E-state index is 13.7. The van der Waals surface area contributed by atoms with Crippen LogP contribution in [0.25, 0.3) is 0 Å². The van der Waals surface area contributed by atoms with Crippen LogP contribution in [-0.4, -0.2) is 88.1 Å². The number of ether oxygens (including phenoxy) is 1. The zero-order valence-electron chi connectivity index (χ0n) is 19.8. The predicted octanol–water partition coefficient (Wildman–Crippen LogP) is 2.21. The molecule has 3 aliphatic heterocycles. The number of aryl methyl sites for hydroxylation is 2. The topological polar surface area (TPSA) is 61.8 Å². The van der Waals surface area contributed by atoms with Gasteiger partial charge in [-0.1, -0.05) is 18.2 Å².